The van der Waals surface area contributed by atoms with Gasteiger partial charge in [0.2, 0.25) is 5.43 Å². The fourth-order valence-electron chi connectivity index (χ4n) is 0.855. The summed E-state index contributed by atoms with van der Waals surface area (Å²) in [6, 6.07) is -0.110. The highest BCUT2D eigenvalue weighted by Crippen LogP contribution is 2.05. The van der Waals surface area contributed by atoms with E-state index < -0.39 is 23.2 Å². The first kappa shape index (κ1) is 10.3. The second kappa shape index (κ2) is 3.93. The molecule has 1 rings (SSSR count). The number of nitrogens with two attached hydrogens (primary N) is 1. The van der Waals surface area contributed by atoms with Crippen molar-refractivity contribution in [3.05, 3.63) is 28.3 Å². The maximum absolute atomic E-state index is 10.9. The third kappa shape index (κ3) is 2.33. The maximum Gasteiger partial charge on any atom is 0.320 e. The summed E-state index contributed by atoms with van der Waals surface area (Å²) in [6.45, 7) is 0. The maximum atomic E-state index is 10.9. The fraction of sp³-hybridized carbons (Fsp3) is 0.250. The molecule has 6 heteroatoms. The molecule has 0 spiro atoms. The molecule has 0 radical (unpaired) electrons. The average molecular weight is 199 g/mol. The van der Waals surface area contributed by atoms with Crippen molar-refractivity contribution in [2.24, 2.45) is 5.73 Å². The van der Waals surface area contributed by atoms with Crippen LogP contribution in [0.25, 0.3) is 0 Å². The molecule has 4 N–H and O–H groups in total. The van der Waals surface area contributed by atoms with Gasteiger partial charge in [-0.1, -0.05) is 0 Å². The topological polar surface area (TPSA) is 114 Å². The number of aliphatic carboxylic acids is 1. The minimum Gasteiger partial charge on any atom is -0.502 e. The quantitative estimate of drug-likeness (QED) is 0.593. The van der Waals surface area contributed by atoms with Crippen molar-refractivity contribution in [3.8, 4) is 5.75 Å². The van der Waals surface area contributed by atoms with Crippen LogP contribution in [0, 0.1) is 0 Å². The molecule has 1 heterocycles. The zero-order valence-corrected chi connectivity index (χ0v) is 7.14. The van der Waals surface area contributed by atoms with Crippen molar-refractivity contribution in [2.45, 2.75) is 12.5 Å². The Labute approximate surface area is 78.6 Å². The lowest BCUT2D eigenvalue weighted by Gasteiger charge is -2.04. The predicted molar refractivity (Wildman–Crippen MR) is 46.0 cm³/mol. The Morgan fingerprint density at radius 1 is 1.64 bits per heavy atom. The molecule has 0 aromatic carbocycles. The molecule has 0 bridgehead atoms. The lowest BCUT2D eigenvalue weighted by Crippen LogP contribution is -2.32. The molecule has 0 saturated carbocycles. The first-order chi connectivity index (χ1) is 6.50. The van der Waals surface area contributed by atoms with Gasteiger partial charge in [-0.25, -0.2) is 0 Å². The SMILES string of the molecule is NC(Cc1cc(=O)c(O)co1)C(=O)O. The van der Waals surface area contributed by atoms with Gasteiger partial charge >= 0.3 is 5.97 Å². The molecule has 1 unspecified atom stereocenters. The highest BCUT2D eigenvalue weighted by atomic mass is 16.4. The lowest BCUT2D eigenvalue weighted by atomic mass is 10.2. The molecule has 1 atom stereocenters. The number of hydrogen-bond acceptors (Lipinski definition) is 5. The zero-order valence-electron chi connectivity index (χ0n) is 7.14. The van der Waals surface area contributed by atoms with Gasteiger partial charge in [-0.3, -0.25) is 9.59 Å². The van der Waals surface area contributed by atoms with Crippen LogP contribution < -0.4 is 11.2 Å². The van der Waals surface area contributed by atoms with Gasteiger partial charge in [-0.05, 0) is 0 Å². The van der Waals surface area contributed by atoms with E-state index >= 15 is 0 Å². The molecule has 0 aliphatic carbocycles. The van der Waals surface area contributed by atoms with E-state index in [1.54, 1.807) is 0 Å². The molecule has 0 aliphatic heterocycles. The van der Waals surface area contributed by atoms with E-state index in [1.165, 1.54) is 0 Å². The number of carbonyl (C=O) groups is 1. The Kier molecular flexibility index (Phi) is 2.88. The van der Waals surface area contributed by atoms with Gasteiger partial charge in [0, 0.05) is 12.5 Å². The Morgan fingerprint density at radius 2 is 2.29 bits per heavy atom. The smallest absolute Gasteiger partial charge is 0.320 e. The van der Waals surface area contributed by atoms with E-state index in [-0.39, 0.29) is 12.2 Å². The number of carboxylic acids is 1. The third-order valence-electron chi connectivity index (χ3n) is 1.60. The summed E-state index contributed by atoms with van der Waals surface area (Å²) in [5, 5.41) is 17.3. The molecule has 0 saturated heterocycles. The second-order valence-corrected chi connectivity index (χ2v) is 2.74. The summed E-state index contributed by atoms with van der Waals surface area (Å²) in [5.74, 6) is -1.57. The van der Waals surface area contributed by atoms with Gasteiger partial charge in [-0.15, -0.1) is 0 Å². The van der Waals surface area contributed by atoms with Crippen LogP contribution in [0.3, 0.4) is 0 Å². The minimum atomic E-state index is -1.18. The van der Waals surface area contributed by atoms with E-state index in [0.717, 1.165) is 12.3 Å². The molecule has 0 fully saturated rings. The first-order valence-electron chi connectivity index (χ1n) is 3.80. The van der Waals surface area contributed by atoms with Gasteiger partial charge in [-0.2, -0.15) is 0 Å². The summed E-state index contributed by atoms with van der Waals surface area (Å²) < 4.78 is 4.77. The predicted octanol–water partition coefficient (Wildman–Crippen LogP) is -0.700. The van der Waals surface area contributed by atoms with Crippen LogP contribution in [0.15, 0.2) is 21.5 Å². The van der Waals surface area contributed by atoms with Gasteiger partial charge in [0.1, 0.15) is 18.1 Å². The Morgan fingerprint density at radius 3 is 2.79 bits per heavy atom. The lowest BCUT2D eigenvalue weighted by molar-refractivity contribution is -0.138. The van der Waals surface area contributed by atoms with E-state index in [4.69, 9.17) is 20.4 Å². The van der Waals surface area contributed by atoms with Crippen molar-refractivity contribution in [1.82, 2.24) is 0 Å². The van der Waals surface area contributed by atoms with Crippen molar-refractivity contribution < 1.29 is 19.4 Å². The molecule has 1 aromatic rings. The summed E-state index contributed by atoms with van der Waals surface area (Å²) in [6.07, 6.45) is 0.761. The van der Waals surface area contributed by atoms with Crippen molar-refractivity contribution >= 4 is 5.97 Å². The highest BCUT2D eigenvalue weighted by Gasteiger charge is 2.14. The zero-order chi connectivity index (χ0) is 10.7. The molecule has 0 aliphatic rings. The van der Waals surface area contributed by atoms with Gasteiger partial charge in [0.15, 0.2) is 5.75 Å². The van der Waals surface area contributed by atoms with Gasteiger partial charge < -0.3 is 20.4 Å². The number of rotatable bonds is 3. The van der Waals surface area contributed by atoms with E-state index in [0.29, 0.717) is 0 Å². The molecule has 0 amide bonds. The third-order valence-corrected chi connectivity index (χ3v) is 1.60. The number of carboxylic acid groups (broad SMARTS) is 1. The van der Waals surface area contributed by atoms with Crippen molar-refractivity contribution in [3.63, 3.8) is 0 Å². The van der Waals surface area contributed by atoms with Crippen LogP contribution in [0.2, 0.25) is 0 Å². The fourth-order valence-corrected chi connectivity index (χ4v) is 0.855. The van der Waals surface area contributed by atoms with Gasteiger partial charge in [0.25, 0.3) is 0 Å². The van der Waals surface area contributed by atoms with E-state index in [2.05, 4.69) is 0 Å². The first-order valence-corrected chi connectivity index (χ1v) is 3.80. The van der Waals surface area contributed by atoms with Crippen LogP contribution in [-0.2, 0) is 11.2 Å². The van der Waals surface area contributed by atoms with Crippen LogP contribution in [0.5, 0.6) is 5.75 Å². The van der Waals surface area contributed by atoms with Gasteiger partial charge in [0.05, 0.1) is 0 Å². The molecule has 14 heavy (non-hydrogen) atoms. The average Bonchev–Trinajstić information content (AvgIpc) is 2.11. The van der Waals surface area contributed by atoms with Crippen LogP contribution in [-0.4, -0.2) is 22.2 Å². The van der Waals surface area contributed by atoms with Crippen LogP contribution >= 0.6 is 0 Å². The number of aromatic hydroxyl groups is 1. The Bertz CT molecular complexity index is 397. The Balaban J connectivity index is 2.83. The summed E-state index contributed by atoms with van der Waals surface area (Å²) >= 11 is 0. The summed E-state index contributed by atoms with van der Waals surface area (Å²) in [4.78, 5) is 21.3. The number of hydrogen-bond donors (Lipinski definition) is 3. The van der Waals surface area contributed by atoms with Crippen LogP contribution in [0.4, 0.5) is 0 Å². The molecule has 1 aromatic heterocycles. The highest BCUT2D eigenvalue weighted by molar-refractivity contribution is 5.73. The molecule has 76 valence electrons. The standard InChI is InChI=1S/C8H9NO5/c9-5(8(12)13)1-4-2-6(10)7(11)3-14-4/h2-3,5,11H,1,9H2,(H,12,13). The normalized spacial score (nSPS) is 12.4. The Hall–Kier alpha value is -1.82. The van der Waals surface area contributed by atoms with Crippen LogP contribution in [0.1, 0.15) is 5.76 Å². The van der Waals surface area contributed by atoms with E-state index in [9.17, 15) is 9.59 Å². The summed E-state index contributed by atoms with van der Waals surface area (Å²) in [5.41, 5.74) is 4.59. The molecule has 6 nitrogen and oxygen atoms in total. The minimum absolute atomic E-state index is 0.0924. The van der Waals surface area contributed by atoms with E-state index in [1.807, 2.05) is 0 Å². The van der Waals surface area contributed by atoms with Crippen molar-refractivity contribution in [2.75, 3.05) is 0 Å². The largest absolute Gasteiger partial charge is 0.502 e. The molecular weight excluding hydrogens is 190 g/mol. The molecular formula is C8H9NO5. The second-order valence-electron chi connectivity index (χ2n) is 2.74. The summed E-state index contributed by atoms with van der Waals surface area (Å²) in [7, 11) is 0. The monoisotopic (exact) mass is 199 g/mol. The van der Waals surface area contributed by atoms with Crippen molar-refractivity contribution in [1.29, 1.82) is 0 Å².